The van der Waals surface area contributed by atoms with Crippen molar-refractivity contribution in [1.29, 1.82) is 0 Å². The molecule has 3 heteroatoms. The van der Waals surface area contributed by atoms with E-state index in [0.717, 1.165) is 12.5 Å². The summed E-state index contributed by atoms with van der Waals surface area (Å²) in [6, 6.07) is 0.417. The van der Waals surface area contributed by atoms with Crippen molar-refractivity contribution in [2.75, 3.05) is 6.54 Å². The van der Waals surface area contributed by atoms with E-state index >= 15 is 0 Å². The number of thiazole rings is 1. The number of aryl methyl sites for hydroxylation is 1. The van der Waals surface area contributed by atoms with E-state index < -0.39 is 0 Å². The van der Waals surface area contributed by atoms with Crippen molar-refractivity contribution in [3.63, 3.8) is 0 Å². The predicted octanol–water partition coefficient (Wildman–Crippen LogP) is 4.84. The molecule has 1 rings (SSSR count). The number of nitrogens with one attached hydrogen (secondary N) is 1. The topological polar surface area (TPSA) is 24.9 Å². The molecule has 2 nitrogen and oxygen atoms in total. The molecule has 1 aromatic heterocycles. The van der Waals surface area contributed by atoms with E-state index in [1.54, 1.807) is 0 Å². The molecule has 0 aliphatic heterocycles. The highest BCUT2D eigenvalue weighted by Gasteiger charge is 2.22. The van der Waals surface area contributed by atoms with Gasteiger partial charge in [-0.15, -0.1) is 11.3 Å². The van der Waals surface area contributed by atoms with E-state index in [2.05, 4.69) is 53.8 Å². The Balaban J connectivity index is 2.57. The molecule has 1 unspecified atom stereocenters. The largest absolute Gasteiger partial charge is 0.309 e. The Kier molecular flexibility index (Phi) is 6.00. The fourth-order valence-electron chi connectivity index (χ4n) is 2.05. The predicted molar refractivity (Wildman–Crippen MR) is 86.0 cm³/mol. The summed E-state index contributed by atoms with van der Waals surface area (Å²) in [4.78, 5) is 6.14. The summed E-state index contributed by atoms with van der Waals surface area (Å²) in [7, 11) is 0. The van der Waals surface area contributed by atoms with Gasteiger partial charge in [0.05, 0.1) is 10.7 Å². The smallest absolute Gasteiger partial charge is 0.0985 e. The summed E-state index contributed by atoms with van der Waals surface area (Å²) < 4.78 is 0. The van der Waals surface area contributed by atoms with Crippen molar-refractivity contribution < 1.29 is 0 Å². The van der Waals surface area contributed by atoms with Crippen LogP contribution in [0.5, 0.6) is 0 Å². The standard InChI is InChI=1S/C16H30N2S/c1-11(2)9-8-10-17-12(3)14-13(4)18-15(19-14)16(5,6)7/h11-12,17H,8-10H2,1-7H3. The molecule has 0 spiro atoms. The van der Waals surface area contributed by atoms with Gasteiger partial charge in [-0.2, -0.15) is 0 Å². The van der Waals surface area contributed by atoms with Gasteiger partial charge in [0.2, 0.25) is 0 Å². The van der Waals surface area contributed by atoms with Crippen molar-refractivity contribution in [2.24, 2.45) is 5.92 Å². The minimum Gasteiger partial charge on any atom is -0.309 e. The zero-order valence-electron chi connectivity index (χ0n) is 13.6. The monoisotopic (exact) mass is 282 g/mol. The summed E-state index contributed by atoms with van der Waals surface area (Å²) in [5, 5.41) is 4.88. The van der Waals surface area contributed by atoms with Crippen LogP contribution in [-0.2, 0) is 5.41 Å². The van der Waals surface area contributed by atoms with Crippen LogP contribution < -0.4 is 5.32 Å². The molecule has 1 atom stereocenters. The first-order chi connectivity index (χ1) is 8.71. The SMILES string of the molecule is Cc1nc(C(C)(C)C)sc1C(C)NCCCC(C)C. The minimum absolute atomic E-state index is 0.158. The Bertz CT molecular complexity index is 388. The highest BCUT2D eigenvalue weighted by Crippen LogP contribution is 2.32. The molecule has 1 heterocycles. The highest BCUT2D eigenvalue weighted by atomic mass is 32.1. The fraction of sp³-hybridized carbons (Fsp3) is 0.812. The molecular formula is C16H30N2S. The zero-order valence-corrected chi connectivity index (χ0v) is 14.4. The Hall–Kier alpha value is -0.410. The summed E-state index contributed by atoms with van der Waals surface area (Å²) in [6.45, 7) is 16.7. The van der Waals surface area contributed by atoms with Crippen LogP contribution in [0.25, 0.3) is 0 Å². The summed E-state index contributed by atoms with van der Waals surface area (Å²) in [5.74, 6) is 0.801. The molecule has 0 bridgehead atoms. The van der Waals surface area contributed by atoms with Crippen LogP contribution in [0.4, 0.5) is 0 Å². The summed E-state index contributed by atoms with van der Waals surface area (Å²) >= 11 is 1.87. The molecule has 0 aliphatic rings. The Labute approximate surface area is 123 Å². The van der Waals surface area contributed by atoms with Gasteiger partial charge in [0, 0.05) is 16.3 Å². The lowest BCUT2D eigenvalue weighted by Crippen LogP contribution is -2.20. The van der Waals surface area contributed by atoms with E-state index in [9.17, 15) is 0 Å². The molecule has 0 aliphatic carbocycles. The van der Waals surface area contributed by atoms with Crippen molar-refractivity contribution in [1.82, 2.24) is 10.3 Å². The van der Waals surface area contributed by atoms with Gasteiger partial charge in [0.15, 0.2) is 0 Å². The quantitative estimate of drug-likeness (QED) is 0.755. The molecule has 0 aromatic carbocycles. The molecule has 0 amide bonds. The van der Waals surface area contributed by atoms with Crippen LogP contribution in [0.15, 0.2) is 0 Å². The highest BCUT2D eigenvalue weighted by molar-refractivity contribution is 7.12. The van der Waals surface area contributed by atoms with E-state index in [-0.39, 0.29) is 5.41 Å². The van der Waals surface area contributed by atoms with Crippen LogP contribution >= 0.6 is 11.3 Å². The molecule has 0 fully saturated rings. The third kappa shape index (κ3) is 5.23. The lowest BCUT2D eigenvalue weighted by Gasteiger charge is -2.15. The van der Waals surface area contributed by atoms with Crippen molar-refractivity contribution in [3.05, 3.63) is 15.6 Å². The van der Waals surface area contributed by atoms with Crippen molar-refractivity contribution in [3.8, 4) is 0 Å². The average molecular weight is 282 g/mol. The Morgan fingerprint density at radius 1 is 1.21 bits per heavy atom. The molecule has 1 aromatic rings. The van der Waals surface area contributed by atoms with Gasteiger partial charge in [-0.05, 0) is 39.2 Å². The van der Waals surface area contributed by atoms with Gasteiger partial charge in [0.1, 0.15) is 0 Å². The zero-order chi connectivity index (χ0) is 14.6. The molecule has 0 saturated heterocycles. The van der Waals surface area contributed by atoms with Crippen LogP contribution in [0.3, 0.4) is 0 Å². The van der Waals surface area contributed by atoms with E-state index in [4.69, 9.17) is 4.98 Å². The normalized spacial score (nSPS) is 14.1. The van der Waals surface area contributed by atoms with Gasteiger partial charge in [-0.1, -0.05) is 34.6 Å². The second-order valence-electron chi connectivity index (χ2n) is 6.93. The number of aromatic nitrogens is 1. The average Bonchev–Trinajstić information content (AvgIpc) is 2.66. The molecule has 19 heavy (non-hydrogen) atoms. The number of nitrogens with zero attached hydrogens (tertiary/aromatic N) is 1. The van der Waals surface area contributed by atoms with Crippen molar-refractivity contribution in [2.45, 2.75) is 72.8 Å². The molecular weight excluding hydrogens is 252 g/mol. The molecule has 110 valence electrons. The molecule has 0 radical (unpaired) electrons. The summed E-state index contributed by atoms with van der Waals surface area (Å²) in [5.41, 5.74) is 1.35. The Morgan fingerprint density at radius 2 is 1.84 bits per heavy atom. The third-order valence-corrected chi connectivity index (χ3v) is 5.04. The first kappa shape index (κ1) is 16.6. The molecule has 0 saturated carbocycles. The maximum atomic E-state index is 4.74. The van der Waals surface area contributed by atoms with Gasteiger partial charge in [-0.25, -0.2) is 4.98 Å². The van der Waals surface area contributed by atoms with Gasteiger partial charge < -0.3 is 5.32 Å². The molecule has 1 N–H and O–H groups in total. The lowest BCUT2D eigenvalue weighted by molar-refractivity contribution is 0.499. The number of hydrogen-bond acceptors (Lipinski definition) is 3. The van der Waals surface area contributed by atoms with Crippen molar-refractivity contribution >= 4 is 11.3 Å². The lowest BCUT2D eigenvalue weighted by atomic mass is 9.98. The second-order valence-corrected chi connectivity index (χ2v) is 7.96. The number of hydrogen-bond donors (Lipinski definition) is 1. The van der Waals surface area contributed by atoms with E-state index in [1.807, 2.05) is 11.3 Å². The first-order valence-corrected chi connectivity index (χ1v) is 8.24. The van der Waals surface area contributed by atoms with E-state index in [1.165, 1.54) is 28.4 Å². The van der Waals surface area contributed by atoms with Gasteiger partial charge in [0.25, 0.3) is 0 Å². The van der Waals surface area contributed by atoms with E-state index in [0.29, 0.717) is 6.04 Å². The van der Waals surface area contributed by atoms with Crippen LogP contribution in [0.1, 0.15) is 76.0 Å². The van der Waals surface area contributed by atoms with Gasteiger partial charge in [-0.3, -0.25) is 0 Å². The third-order valence-electron chi connectivity index (χ3n) is 3.28. The van der Waals surface area contributed by atoms with Crippen LogP contribution in [0, 0.1) is 12.8 Å². The first-order valence-electron chi connectivity index (χ1n) is 7.43. The second kappa shape index (κ2) is 6.85. The maximum Gasteiger partial charge on any atom is 0.0985 e. The fourth-order valence-corrected chi connectivity index (χ4v) is 3.20. The number of rotatable bonds is 6. The van der Waals surface area contributed by atoms with Crippen LogP contribution in [-0.4, -0.2) is 11.5 Å². The van der Waals surface area contributed by atoms with Gasteiger partial charge >= 0.3 is 0 Å². The maximum absolute atomic E-state index is 4.74. The Morgan fingerprint density at radius 3 is 2.32 bits per heavy atom. The minimum atomic E-state index is 0.158. The summed E-state index contributed by atoms with van der Waals surface area (Å²) in [6.07, 6.45) is 2.56. The van der Waals surface area contributed by atoms with Crippen LogP contribution in [0.2, 0.25) is 0 Å².